The Morgan fingerprint density at radius 2 is 1.58 bits per heavy atom. The minimum Gasteiger partial charge on any atom is -0.405 e. The third-order valence-electron chi connectivity index (χ3n) is 5.93. The minimum atomic E-state index is -1.38. The molecule has 2 aliphatic heterocycles. The molecule has 0 aromatic carbocycles. The Bertz CT molecular complexity index is 1370. The van der Waals surface area contributed by atoms with Gasteiger partial charge >= 0.3 is 11.4 Å². The molecule has 38 heavy (non-hydrogen) atoms. The number of aromatic nitrogens is 4. The minimum absolute atomic E-state index is 0.0832. The van der Waals surface area contributed by atoms with Gasteiger partial charge in [-0.3, -0.25) is 28.7 Å². The van der Waals surface area contributed by atoms with Gasteiger partial charge in [0.15, 0.2) is 6.23 Å². The van der Waals surface area contributed by atoms with Crippen molar-refractivity contribution >= 4 is 15.9 Å². The van der Waals surface area contributed by atoms with Crippen LogP contribution >= 0.6 is 15.9 Å². The van der Waals surface area contributed by atoms with E-state index < -0.39 is 72.1 Å². The van der Waals surface area contributed by atoms with Gasteiger partial charge in [-0.15, -0.1) is 0 Å². The van der Waals surface area contributed by atoms with Gasteiger partial charge in [-0.25, -0.2) is 9.59 Å². The Hall–Kier alpha value is -2.90. The van der Waals surface area contributed by atoms with Crippen molar-refractivity contribution in [2.75, 3.05) is 13.2 Å². The number of aliphatic hydroxyl groups excluding tert-OH is 5. The van der Waals surface area contributed by atoms with E-state index in [0.29, 0.717) is 5.56 Å². The molecule has 0 amide bonds. The van der Waals surface area contributed by atoms with Crippen LogP contribution in [0.1, 0.15) is 24.4 Å². The summed E-state index contributed by atoms with van der Waals surface area (Å²) < 4.78 is 12.8. The molecule has 16 nitrogen and oxygen atoms in total. The fourth-order valence-corrected chi connectivity index (χ4v) is 4.21. The van der Waals surface area contributed by atoms with E-state index in [-0.39, 0.29) is 23.9 Å². The summed E-state index contributed by atoms with van der Waals surface area (Å²) in [5.74, 6) is 0. The zero-order valence-corrected chi connectivity index (χ0v) is 21.3. The molecule has 210 valence electrons. The Balaban J connectivity index is 0.000000212. The highest BCUT2D eigenvalue weighted by Gasteiger charge is 2.43. The highest BCUT2D eigenvalue weighted by atomic mass is 79.9. The van der Waals surface area contributed by atoms with Gasteiger partial charge in [-0.2, -0.15) is 0 Å². The van der Waals surface area contributed by atoms with E-state index in [1.165, 1.54) is 17.0 Å². The number of hydrogen-bond acceptors (Lipinski definition) is 12. The number of halogens is 1. The molecule has 0 spiro atoms. The van der Waals surface area contributed by atoms with Crippen LogP contribution in [0.2, 0.25) is 0 Å². The summed E-state index contributed by atoms with van der Waals surface area (Å²) in [6.07, 6.45) is -1.24. The molecule has 4 heterocycles. The molecule has 7 atom stereocenters. The van der Waals surface area contributed by atoms with E-state index in [1.54, 1.807) is 6.08 Å². The summed E-state index contributed by atoms with van der Waals surface area (Å²) >= 11 is 2.94. The van der Waals surface area contributed by atoms with Crippen molar-refractivity contribution in [1.29, 1.82) is 0 Å². The lowest BCUT2D eigenvalue weighted by molar-refractivity contribution is -0.0551. The quantitative estimate of drug-likeness (QED) is 0.157. The summed E-state index contributed by atoms with van der Waals surface area (Å²) in [5, 5.41) is 47.0. The van der Waals surface area contributed by atoms with Gasteiger partial charge in [0.05, 0.1) is 23.8 Å². The summed E-state index contributed by atoms with van der Waals surface area (Å²) in [4.78, 5) is 50.4. The average Bonchev–Trinajstić information content (AvgIpc) is 3.39. The van der Waals surface area contributed by atoms with Crippen LogP contribution in [0.3, 0.4) is 0 Å². The van der Waals surface area contributed by atoms with Gasteiger partial charge in [0.1, 0.15) is 30.6 Å². The molecule has 2 aromatic rings. The first-order valence-corrected chi connectivity index (χ1v) is 12.1. The zero-order chi connectivity index (χ0) is 28.1. The van der Waals surface area contributed by atoms with Crippen LogP contribution in [0.25, 0.3) is 0 Å². The number of aliphatic hydroxyl groups is 5. The lowest BCUT2D eigenvalue weighted by atomic mass is 10.1. The predicted molar refractivity (Wildman–Crippen MR) is 132 cm³/mol. The second-order valence-electron chi connectivity index (χ2n) is 8.44. The van der Waals surface area contributed by atoms with Crippen molar-refractivity contribution in [3.63, 3.8) is 0 Å². The second kappa shape index (κ2) is 12.8. The van der Waals surface area contributed by atoms with Gasteiger partial charge in [-0.1, -0.05) is 6.08 Å². The van der Waals surface area contributed by atoms with Crippen molar-refractivity contribution in [1.82, 2.24) is 19.1 Å². The lowest BCUT2D eigenvalue weighted by Gasteiger charge is -2.17. The Kier molecular flexibility index (Phi) is 9.96. The van der Waals surface area contributed by atoms with Crippen LogP contribution in [0.4, 0.5) is 0 Å². The van der Waals surface area contributed by atoms with Gasteiger partial charge in [0.25, 0.3) is 11.1 Å². The van der Waals surface area contributed by atoms with Crippen molar-refractivity contribution in [2.24, 2.45) is 5.73 Å². The number of H-pyrrole nitrogens is 2. The van der Waals surface area contributed by atoms with Gasteiger partial charge in [-0.05, 0) is 28.6 Å². The number of ether oxygens (including phenoxy) is 2. The van der Waals surface area contributed by atoms with E-state index in [0.717, 1.165) is 10.8 Å². The number of hydrogen-bond donors (Lipinski definition) is 8. The number of allylic oxidation sites excluding steroid dienone is 1. The fourth-order valence-electron chi connectivity index (χ4n) is 3.89. The summed E-state index contributed by atoms with van der Waals surface area (Å²) in [6.45, 7) is -0.827. The standard InChI is InChI=1S/C12H17N3O5.C9H11BrN2O6/c13-3-1-2-7-5-15(12(19)14-11(7)18)10-4-8(17)9(6-16)20-10;10-3-1-12(9(17)11-7(3)16)8-6(15)5(14)4(2-13)18-8/h1,3,5,8-10,16-17H,2,4,6,13H2,(H,14,18,19);1,4-6,8,13-15H,2H2,(H,11,16,17)/t8-,9+,10+;4-,5-,6-,8-/m01/s1. The van der Waals surface area contributed by atoms with Gasteiger partial charge < -0.3 is 40.7 Å². The Morgan fingerprint density at radius 3 is 2.16 bits per heavy atom. The Labute approximate surface area is 221 Å². The summed E-state index contributed by atoms with van der Waals surface area (Å²) in [7, 11) is 0. The van der Waals surface area contributed by atoms with Crippen LogP contribution < -0.4 is 28.2 Å². The van der Waals surface area contributed by atoms with Gasteiger partial charge in [0, 0.05) is 24.4 Å². The molecule has 0 unspecified atom stereocenters. The molecule has 2 aromatic heterocycles. The predicted octanol–water partition coefficient (Wildman–Crippen LogP) is -3.90. The van der Waals surface area contributed by atoms with Crippen LogP contribution in [-0.2, 0) is 15.9 Å². The van der Waals surface area contributed by atoms with Crippen LogP contribution in [-0.4, -0.2) is 88.4 Å². The molecular weight excluding hydrogens is 578 g/mol. The molecule has 2 fully saturated rings. The number of aromatic amines is 2. The van der Waals surface area contributed by atoms with Crippen molar-refractivity contribution in [2.45, 2.75) is 55.8 Å². The van der Waals surface area contributed by atoms with E-state index >= 15 is 0 Å². The summed E-state index contributed by atoms with van der Waals surface area (Å²) in [6, 6.07) is 0. The van der Waals surface area contributed by atoms with Crippen molar-refractivity contribution in [3.8, 4) is 0 Å². The maximum absolute atomic E-state index is 11.8. The van der Waals surface area contributed by atoms with E-state index in [1.807, 2.05) is 4.98 Å². The van der Waals surface area contributed by atoms with Gasteiger partial charge in [0.2, 0.25) is 0 Å². The molecule has 2 saturated heterocycles. The van der Waals surface area contributed by atoms with E-state index in [2.05, 4.69) is 20.9 Å². The SMILES string of the molecule is NC=CCc1cn([C@H]2C[C@H](O)[C@@H](CO)O2)c(=O)[nH]c1=O.O=c1[nH]c(=O)n([C@@H]2O[C@H](CO)[C@@H](O)[C@H]2O)cc1Br. The van der Waals surface area contributed by atoms with Crippen LogP contribution in [0, 0.1) is 0 Å². The van der Waals surface area contributed by atoms with E-state index in [4.69, 9.17) is 25.4 Å². The monoisotopic (exact) mass is 605 g/mol. The molecule has 9 N–H and O–H groups in total. The molecule has 17 heteroatoms. The zero-order valence-electron chi connectivity index (χ0n) is 19.7. The summed E-state index contributed by atoms with van der Waals surface area (Å²) in [5.41, 5.74) is 3.09. The Morgan fingerprint density at radius 1 is 0.947 bits per heavy atom. The van der Waals surface area contributed by atoms with E-state index in [9.17, 15) is 34.5 Å². The van der Waals surface area contributed by atoms with Crippen molar-refractivity contribution < 1.29 is 35.0 Å². The topological polar surface area (TPSA) is 255 Å². The first-order valence-electron chi connectivity index (χ1n) is 11.3. The molecule has 4 rings (SSSR count). The number of nitrogens with one attached hydrogen (secondary N) is 2. The largest absolute Gasteiger partial charge is 0.405 e. The number of rotatable bonds is 6. The average molecular weight is 606 g/mol. The first-order chi connectivity index (χ1) is 18.0. The second-order valence-corrected chi connectivity index (χ2v) is 9.29. The molecule has 0 radical (unpaired) electrons. The highest BCUT2D eigenvalue weighted by Crippen LogP contribution is 2.28. The molecule has 0 aliphatic carbocycles. The first kappa shape index (κ1) is 29.7. The maximum atomic E-state index is 11.8. The molecule has 0 saturated carbocycles. The van der Waals surface area contributed by atoms with Crippen LogP contribution in [0.5, 0.6) is 0 Å². The van der Waals surface area contributed by atoms with Crippen LogP contribution in [0.15, 0.2) is 48.3 Å². The van der Waals surface area contributed by atoms with Crippen molar-refractivity contribution in [3.05, 3.63) is 76.4 Å². The normalized spacial score (nSPS) is 28.9. The third-order valence-corrected chi connectivity index (χ3v) is 6.49. The number of nitrogens with two attached hydrogens (primary N) is 1. The fraction of sp³-hybridized carbons (Fsp3) is 0.524. The lowest BCUT2D eigenvalue weighted by Crippen LogP contribution is -2.38. The third kappa shape index (κ3) is 6.38. The highest BCUT2D eigenvalue weighted by molar-refractivity contribution is 9.10. The molecule has 2 aliphatic rings. The molecular formula is C21H28BrN5O11. The molecule has 0 bridgehead atoms. The smallest absolute Gasteiger partial charge is 0.330 e. The number of nitrogens with zero attached hydrogens (tertiary/aromatic N) is 2. The maximum Gasteiger partial charge on any atom is 0.330 e.